The first-order valence-corrected chi connectivity index (χ1v) is 17.8. The Morgan fingerprint density at radius 2 is 1.71 bits per heavy atom. The van der Waals surface area contributed by atoms with Crippen LogP contribution in [-0.2, 0) is 11.2 Å². The number of nitrogens with zero attached hydrogens (tertiary/aromatic N) is 6. The molecule has 0 unspecified atom stereocenters. The SMILES string of the molecule is Cc1ccc(C(C)C)c(N2C(=O)CSC2=NC(=N[C@@H](C)Cc2ccc(-c3ncn(-c4ccc(OC(F)(F)F)cc4)n3)cc2)SCCC(F)(F)F)c1. The van der Waals surface area contributed by atoms with E-state index >= 15 is 0 Å². The van der Waals surface area contributed by atoms with Gasteiger partial charge < -0.3 is 4.74 Å². The number of halogens is 6. The van der Waals surface area contributed by atoms with Crippen molar-refractivity contribution in [3.8, 4) is 22.8 Å². The van der Waals surface area contributed by atoms with Crippen LogP contribution in [0.5, 0.6) is 5.75 Å². The molecule has 1 aliphatic rings. The highest BCUT2D eigenvalue weighted by atomic mass is 32.2. The fraction of sp³-hybridized carbons (Fsp3) is 0.343. The largest absolute Gasteiger partial charge is 0.573 e. The molecule has 0 radical (unpaired) electrons. The van der Waals surface area contributed by atoms with Crippen LogP contribution in [0.15, 0.2) is 83.0 Å². The Labute approximate surface area is 299 Å². The summed E-state index contributed by atoms with van der Waals surface area (Å²) in [4.78, 5) is 28.3. The van der Waals surface area contributed by atoms with Crippen LogP contribution in [0.2, 0.25) is 0 Å². The van der Waals surface area contributed by atoms with Crippen LogP contribution in [0.1, 0.15) is 49.8 Å². The second kappa shape index (κ2) is 15.9. The number of hydrogen-bond acceptors (Lipinski definition) is 7. The van der Waals surface area contributed by atoms with E-state index in [1.807, 2.05) is 70.2 Å². The molecule has 0 spiro atoms. The van der Waals surface area contributed by atoms with E-state index < -0.39 is 19.0 Å². The Kier molecular flexibility index (Phi) is 11.8. The van der Waals surface area contributed by atoms with Gasteiger partial charge in [-0.05, 0) is 73.2 Å². The fourth-order valence-electron chi connectivity index (χ4n) is 5.14. The Bertz CT molecular complexity index is 1890. The van der Waals surface area contributed by atoms with Crippen LogP contribution in [-0.4, -0.2) is 61.1 Å². The van der Waals surface area contributed by atoms with E-state index in [9.17, 15) is 31.1 Å². The van der Waals surface area contributed by atoms with Crippen LogP contribution < -0.4 is 9.64 Å². The van der Waals surface area contributed by atoms with Gasteiger partial charge in [0.05, 0.1) is 29.6 Å². The lowest BCUT2D eigenvalue weighted by Crippen LogP contribution is -2.31. The standard InChI is InChI=1S/C35H34F6N6O2S2/c1-21(2)28-14-5-22(3)17-29(28)47-30(48)19-51-33(47)44-32(50-16-15-34(36,37)38)43-23(4)18-24-6-8-25(9-7-24)31-42-20-46(45-31)26-10-12-27(13-11-26)49-35(39,40)41/h5-14,17,20-21,23H,15-16,18-19H2,1-4H3/t23-/m0/s1. The first-order valence-electron chi connectivity index (χ1n) is 15.8. The fourth-order valence-corrected chi connectivity index (χ4v) is 6.98. The number of alkyl halides is 6. The number of benzene rings is 3. The van der Waals surface area contributed by atoms with Gasteiger partial charge in [-0.1, -0.05) is 73.8 Å². The van der Waals surface area contributed by atoms with Gasteiger partial charge in [0.25, 0.3) is 0 Å². The number of rotatable bonds is 10. The minimum atomic E-state index is -4.79. The van der Waals surface area contributed by atoms with Crippen LogP contribution in [0.25, 0.3) is 17.1 Å². The summed E-state index contributed by atoms with van der Waals surface area (Å²) in [6, 6.07) is 18.1. The maximum atomic E-state index is 13.1. The highest BCUT2D eigenvalue weighted by Crippen LogP contribution is 2.35. The van der Waals surface area contributed by atoms with E-state index in [1.165, 1.54) is 47.0 Å². The zero-order valence-corrected chi connectivity index (χ0v) is 29.6. The number of hydrogen-bond donors (Lipinski definition) is 0. The van der Waals surface area contributed by atoms with E-state index in [2.05, 4.69) is 19.8 Å². The van der Waals surface area contributed by atoms with E-state index in [1.54, 1.807) is 4.90 Å². The van der Waals surface area contributed by atoms with Crippen molar-refractivity contribution in [2.24, 2.45) is 9.98 Å². The first kappa shape index (κ1) is 37.9. The Hall–Kier alpha value is -4.31. The molecule has 270 valence electrons. The van der Waals surface area contributed by atoms with E-state index in [-0.39, 0.29) is 40.3 Å². The maximum Gasteiger partial charge on any atom is 0.573 e. The van der Waals surface area contributed by atoms with Gasteiger partial charge in [0.1, 0.15) is 12.1 Å². The molecule has 1 saturated heterocycles. The molecule has 1 aromatic heterocycles. The second-order valence-electron chi connectivity index (χ2n) is 12.1. The summed E-state index contributed by atoms with van der Waals surface area (Å²) in [5.74, 6) is -0.113. The molecule has 0 aliphatic carbocycles. The quantitative estimate of drug-likeness (QED) is 0.0914. The summed E-state index contributed by atoms with van der Waals surface area (Å²) >= 11 is 2.14. The predicted molar refractivity (Wildman–Crippen MR) is 190 cm³/mol. The van der Waals surface area contributed by atoms with Crippen LogP contribution >= 0.6 is 23.5 Å². The number of anilines is 1. The summed E-state index contributed by atoms with van der Waals surface area (Å²) in [6.07, 6.45) is -8.24. The van der Waals surface area contributed by atoms with Crippen molar-refractivity contribution in [1.82, 2.24) is 14.8 Å². The molecule has 1 fully saturated rings. The molecule has 3 aromatic carbocycles. The smallest absolute Gasteiger partial charge is 0.406 e. The molecule has 2 heterocycles. The van der Waals surface area contributed by atoms with Crippen LogP contribution in [0.3, 0.4) is 0 Å². The molecule has 1 atom stereocenters. The van der Waals surface area contributed by atoms with Crippen molar-refractivity contribution in [3.63, 3.8) is 0 Å². The molecule has 4 aromatic rings. The van der Waals surface area contributed by atoms with Crippen molar-refractivity contribution in [2.75, 3.05) is 16.4 Å². The second-order valence-corrected chi connectivity index (χ2v) is 14.1. The number of aryl methyl sites for hydroxylation is 1. The third kappa shape index (κ3) is 10.6. The predicted octanol–water partition coefficient (Wildman–Crippen LogP) is 9.37. The summed E-state index contributed by atoms with van der Waals surface area (Å²) < 4.78 is 82.0. The van der Waals surface area contributed by atoms with Gasteiger partial charge in [0, 0.05) is 11.3 Å². The average molecular weight is 749 g/mol. The minimum absolute atomic E-state index is 0.120. The van der Waals surface area contributed by atoms with Gasteiger partial charge in [-0.2, -0.15) is 18.2 Å². The van der Waals surface area contributed by atoms with Crippen LogP contribution in [0.4, 0.5) is 32.0 Å². The monoisotopic (exact) mass is 748 g/mol. The lowest BCUT2D eigenvalue weighted by atomic mass is 9.99. The molecule has 16 heteroatoms. The van der Waals surface area contributed by atoms with Crippen molar-refractivity contribution >= 4 is 45.5 Å². The number of amidine groups is 2. The van der Waals surface area contributed by atoms with Gasteiger partial charge in [0.2, 0.25) is 5.91 Å². The van der Waals surface area contributed by atoms with E-state index in [4.69, 9.17) is 4.99 Å². The number of carbonyl (C=O) groups excluding carboxylic acids is 1. The number of thioether (sulfide) groups is 2. The number of amides is 1. The average Bonchev–Trinajstić information content (AvgIpc) is 3.67. The molecular formula is C35H34F6N6O2S2. The third-order valence-electron chi connectivity index (χ3n) is 7.52. The zero-order chi connectivity index (χ0) is 36.9. The topological polar surface area (TPSA) is 85.0 Å². The van der Waals surface area contributed by atoms with E-state index in [0.717, 1.165) is 28.5 Å². The Morgan fingerprint density at radius 3 is 2.35 bits per heavy atom. The van der Waals surface area contributed by atoms with Gasteiger partial charge >= 0.3 is 12.5 Å². The molecule has 0 bridgehead atoms. The lowest BCUT2D eigenvalue weighted by Gasteiger charge is -2.22. The molecule has 5 rings (SSSR count). The highest BCUT2D eigenvalue weighted by molar-refractivity contribution is 8.16. The van der Waals surface area contributed by atoms with Crippen molar-refractivity contribution < 1.29 is 35.9 Å². The molecule has 1 amide bonds. The summed E-state index contributed by atoms with van der Waals surface area (Å²) in [5.41, 5.74) is 4.71. The van der Waals surface area contributed by atoms with Gasteiger partial charge in [-0.3, -0.25) is 14.7 Å². The number of aliphatic imine (C=N–C) groups is 2. The molecule has 8 nitrogen and oxygen atoms in total. The van der Waals surface area contributed by atoms with Crippen LogP contribution in [0, 0.1) is 6.92 Å². The van der Waals surface area contributed by atoms with Crippen molar-refractivity contribution in [2.45, 2.75) is 65.0 Å². The summed E-state index contributed by atoms with van der Waals surface area (Å²) in [7, 11) is 0. The third-order valence-corrected chi connectivity index (χ3v) is 9.31. The van der Waals surface area contributed by atoms with Crippen molar-refractivity contribution in [1.29, 1.82) is 0 Å². The summed E-state index contributed by atoms with van der Waals surface area (Å²) in [5, 5.41) is 4.96. The normalized spacial score (nSPS) is 15.7. The molecule has 0 saturated carbocycles. The molecular weight excluding hydrogens is 715 g/mol. The Balaban J connectivity index is 1.32. The molecule has 1 aliphatic heterocycles. The lowest BCUT2D eigenvalue weighted by molar-refractivity contribution is -0.274. The van der Waals surface area contributed by atoms with E-state index in [0.29, 0.717) is 34.4 Å². The Morgan fingerprint density at radius 1 is 1.00 bits per heavy atom. The first-order chi connectivity index (χ1) is 24.0. The number of ether oxygens (including phenoxy) is 1. The number of aromatic nitrogens is 3. The highest BCUT2D eigenvalue weighted by Gasteiger charge is 2.33. The zero-order valence-electron chi connectivity index (χ0n) is 28.0. The molecule has 0 N–H and O–H groups in total. The minimum Gasteiger partial charge on any atom is -0.406 e. The number of carbonyl (C=O) groups is 1. The van der Waals surface area contributed by atoms with Gasteiger partial charge in [0.15, 0.2) is 16.2 Å². The van der Waals surface area contributed by atoms with Crippen molar-refractivity contribution in [3.05, 3.63) is 89.7 Å². The maximum absolute atomic E-state index is 13.1. The summed E-state index contributed by atoms with van der Waals surface area (Å²) in [6.45, 7) is 7.82. The molecule has 51 heavy (non-hydrogen) atoms. The van der Waals surface area contributed by atoms with Gasteiger partial charge in [-0.15, -0.1) is 18.3 Å². The van der Waals surface area contributed by atoms with Gasteiger partial charge in [-0.25, -0.2) is 9.67 Å².